The second-order valence-corrected chi connectivity index (χ2v) is 3.73. The lowest BCUT2D eigenvalue weighted by Crippen LogP contribution is -2.18. The molecule has 2 rings (SSSR count). The first kappa shape index (κ1) is 10.7. The molecule has 0 aliphatic rings. The van der Waals surface area contributed by atoms with E-state index < -0.39 is 5.91 Å². The van der Waals surface area contributed by atoms with Crippen LogP contribution in [0, 0.1) is 0 Å². The van der Waals surface area contributed by atoms with Gasteiger partial charge in [-0.15, -0.1) is 0 Å². The molecule has 0 atom stereocenters. The first-order valence-corrected chi connectivity index (χ1v) is 5.10. The van der Waals surface area contributed by atoms with Gasteiger partial charge in [-0.2, -0.15) is 0 Å². The molecule has 0 aliphatic heterocycles. The summed E-state index contributed by atoms with van der Waals surface area (Å²) in [6, 6.07) is 7.33. The van der Waals surface area contributed by atoms with E-state index in [1.54, 1.807) is 23.0 Å². The molecule has 1 aromatic carbocycles. The van der Waals surface area contributed by atoms with E-state index in [4.69, 9.17) is 17.3 Å². The topological polar surface area (TPSA) is 60.9 Å². The SMILES string of the molecule is NC(=O)Cn1ccnc1-c1ccccc1Cl. The van der Waals surface area contributed by atoms with Crippen molar-refractivity contribution < 1.29 is 4.79 Å². The first-order valence-electron chi connectivity index (χ1n) is 4.73. The number of amides is 1. The van der Waals surface area contributed by atoms with E-state index in [9.17, 15) is 4.79 Å². The molecule has 0 saturated heterocycles. The highest BCUT2D eigenvalue weighted by Crippen LogP contribution is 2.25. The number of carbonyl (C=O) groups excluding carboxylic acids is 1. The highest BCUT2D eigenvalue weighted by molar-refractivity contribution is 6.33. The van der Waals surface area contributed by atoms with Gasteiger partial charge in [0.1, 0.15) is 12.4 Å². The van der Waals surface area contributed by atoms with Crippen LogP contribution in [0.2, 0.25) is 5.02 Å². The Kier molecular flexibility index (Phi) is 2.92. The van der Waals surface area contributed by atoms with Crippen molar-refractivity contribution in [2.45, 2.75) is 6.54 Å². The summed E-state index contributed by atoms with van der Waals surface area (Å²) in [7, 11) is 0. The third kappa shape index (κ3) is 2.06. The Labute approximate surface area is 97.7 Å². The van der Waals surface area contributed by atoms with Crippen LogP contribution in [-0.2, 0) is 11.3 Å². The molecule has 16 heavy (non-hydrogen) atoms. The number of halogens is 1. The molecule has 1 amide bonds. The fourth-order valence-electron chi connectivity index (χ4n) is 1.49. The largest absolute Gasteiger partial charge is 0.368 e. The van der Waals surface area contributed by atoms with E-state index in [0.29, 0.717) is 10.8 Å². The molecule has 1 aromatic heterocycles. The van der Waals surface area contributed by atoms with Gasteiger partial charge in [-0.1, -0.05) is 23.7 Å². The molecule has 0 bridgehead atoms. The normalized spacial score (nSPS) is 10.3. The van der Waals surface area contributed by atoms with E-state index >= 15 is 0 Å². The van der Waals surface area contributed by atoms with E-state index in [2.05, 4.69) is 4.98 Å². The number of rotatable bonds is 3. The van der Waals surface area contributed by atoms with Crippen molar-refractivity contribution in [3.8, 4) is 11.4 Å². The van der Waals surface area contributed by atoms with Gasteiger partial charge in [-0.3, -0.25) is 4.79 Å². The highest BCUT2D eigenvalue weighted by atomic mass is 35.5. The van der Waals surface area contributed by atoms with E-state index in [-0.39, 0.29) is 6.54 Å². The molecule has 2 N–H and O–H groups in total. The first-order chi connectivity index (χ1) is 7.68. The van der Waals surface area contributed by atoms with Gasteiger partial charge in [0.2, 0.25) is 5.91 Å². The van der Waals surface area contributed by atoms with Crippen molar-refractivity contribution in [1.82, 2.24) is 9.55 Å². The Morgan fingerprint density at radius 3 is 2.88 bits per heavy atom. The number of benzene rings is 1. The van der Waals surface area contributed by atoms with Gasteiger partial charge >= 0.3 is 0 Å². The molecular formula is C11H10ClN3O. The molecule has 0 fully saturated rings. The van der Waals surface area contributed by atoms with Gasteiger partial charge < -0.3 is 10.3 Å². The van der Waals surface area contributed by atoms with Crippen LogP contribution in [0.5, 0.6) is 0 Å². The lowest BCUT2D eigenvalue weighted by molar-refractivity contribution is -0.118. The zero-order valence-electron chi connectivity index (χ0n) is 8.43. The molecule has 0 spiro atoms. The predicted molar refractivity (Wildman–Crippen MR) is 61.9 cm³/mol. The zero-order valence-corrected chi connectivity index (χ0v) is 9.19. The van der Waals surface area contributed by atoms with Crippen molar-refractivity contribution in [3.63, 3.8) is 0 Å². The number of nitrogens with zero attached hydrogens (tertiary/aromatic N) is 2. The summed E-state index contributed by atoms with van der Waals surface area (Å²) in [6.07, 6.45) is 3.31. The number of hydrogen-bond acceptors (Lipinski definition) is 2. The van der Waals surface area contributed by atoms with Gasteiger partial charge in [0, 0.05) is 18.0 Å². The Balaban J connectivity index is 2.45. The fourth-order valence-corrected chi connectivity index (χ4v) is 1.71. The van der Waals surface area contributed by atoms with Crippen molar-refractivity contribution >= 4 is 17.5 Å². The molecule has 1 heterocycles. The molecule has 0 unspecified atom stereocenters. The maximum absolute atomic E-state index is 10.9. The molecule has 0 radical (unpaired) electrons. The van der Waals surface area contributed by atoms with Crippen LogP contribution in [0.25, 0.3) is 11.4 Å². The van der Waals surface area contributed by atoms with Crippen LogP contribution in [0.1, 0.15) is 0 Å². The van der Waals surface area contributed by atoms with Gasteiger partial charge in [0.25, 0.3) is 0 Å². The van der Waals surface area contributed by atoms with Crippen LogP contribution in [0.4, 0.5) is 0 Å². The van der Waals surface area contributed by atoms with Crippen LogP contribution < -0.4 is 5.73 Å². The van der Waals surface area contributed by atoms with Gasteiger partial charge in [0.15, 0.2) is 0 Å². The minimum Gasteiger partial charge on any atom is -0.368 e. The second-order valence-electron chi connectivity index (χ2n) is 3.32. The number of nitrogens with two attached hydrogens (primary N) is 1. The molecule has 0 saturated carbocycles. The fraction of sp³-hybridized carbons (Fsp3) is 0.0909. The van der Waals surface area contributed by atoms with Crippen LogP contribution >= 0.6 is 11.6 Å². The summed E-state index contributed by atoms with van der Waals surface area (Å²) in [5.74, 6) is 0.232. The lowest BCUT2D eigenvalue weighted by atomic mass is 10.2. The molecule has 0 aliphatic carbocycles. The van der Waals surface area contributed by atoms with Crippen LogP contribution in [0.15, 0.2) is 36.7 Å². The Bertz CT molecular complexity index is 521. The highest BCUT2D eigenvalue weighted by Gasteiger charge is 2.10. The molecule has 4 nitrogen and oxygen atoms in total. The van der Waals surface area contributed by atoms with Crippen molar-refractivity contribution in [2.75, 3.05) is 0 Å². The minimum absolute atomic E-state index is 0.0978. The summed E-state index contributed by atoms with van der Waals surface area (Å²) >= 11 is 6.05. The summed E-state index contributed by atoms with van der Waals surface area (Å²) in [6.45, 7) is 0.0978. The molecule has 82 valence electrons. The van der Waals surface area contributed by atoms with E-state index in [0.717, 1.165) is 5.56 Å². The summed E-state index contributed by atoms with van der Waals surface area (Å²) < 4.78 is 1.67. The number of primary amides is 1. The van der Waals surface area contributed by atoms with E-state index in [1.807, 2.05) is 18.2 Å². The number of carbonyl (C=O) groups is 1. The smallest absolute Gasteiger partial charge is 0.237 e. The lowest BCUT2D eigenvalue weighted by Gasteiger charge is -2.06. The van der Waals surface area contributed by atoms with Crippen LogP contribution in [-0.4, -0.2) is 15.5 Å². The third-order valence-electron chi connectivity index (χ3n) is 2.16. The average Bonchev–Trinajstić information content (AvgIpc) is 2.66. The molecular weight excluding hydrogens is 226 g/mol. The minimum atomic E-state index is -0.411. The van der Waals surface area contributed by atoms with Crippen molar-refractivity contribution in [3.05, 3.63) is 41.7 Å². The third-order valence-corrected chi connectivity index (χ3v) is 2.49. The Morgan fingerprint density at radius 2 is 2.19 bits per heavy atom. The monoisotopic (exact) mass is 235 g/mol. The Hall–Kier alpha value is -1.81. The van der Waals surface area contributed by atoms with E-state index in [1.165, 1.54) is 0 Å². The maximum Gasteiger partial charge on any atom is 0.237 e. The average molecular weight is 236 g/mol. The number of hydrogen-bond donors (Lipinski definition) is 1. The van der Waals surface area contributed by atoms with Gasteiger partial charge in [0.05, 0.1) is 5.02 Å². The van der Waals surface area contributed by atoms with Crippen LogP contribution in [0.3, 0.4) is 0 Å². The van der Waals surface area contributed by atoms with Gasteiger partial charge in [-0.05, 0) is 12.1 Å². The number of imidazole rings is 1. The molecule has 5 heteroatoms. The quantitative estimate of drug-likeness (QED) is 0.880. The van der Waals surface area contributed by atoms with Crippen molar-refractivity contribution in [2.24, 2.45) is 5.73 Å². The summed E-state index contributed by atoms with van der Waals surface area (Å²) in [4.78, 5) is 15.0. The second kappa shape index (κ2) is 4.37. The Morgan fingerprint density at radius 1 is 1.44 bits per heavy atom. The van der Waals surface area contributed by atoms with Crippen molar-refractivity contribution in [1.29, 1.82) is 0 Å². The summed E-state index contributed by atoms with van der Waals surface area (Å²) in [5, 5.41) is 0.597. The predicted octanol–water partition coefficient (Wildman–Crippen LogP) is 1.69. The maximum atomic E-state index is 10.9. The molecule has 2 aromatic rings. The number of aromatic nitrogens is 2. The standard InChI is InChI=1S/C11H10ClN3O/c12-9-4-2-1-3-8(9)11-14-5-6-15(11)7-10(13)16/h1-6H,7H2,(H2,13,16). The van der Waals surface area contributed by atoms with Gasteiger partial charge in [-0.25, -0.2) is 4.98 Å². The summed E-state index contributed by atoms with van der Waals surface area (Å²) in [5.41, 5.74) is 5.94. The zero-order chi connectivity index (χ0) is 11.5.